The Hall–Kier alpha value is -2.60. The Morgan fingerprint density at radius 1 is 1.21 bits per heavy atom. The van der Waals surface area contributed by atoms with Crippen LogP contribution in [0, 0.1) is 0 Å². The molecule has 1 heterocycles. The highest BCUT2D eigenvalue weighted by atomic mass is 35.5. The van der Waals surface area contributed by atoms with Crippen molar-refractivity contribution in [2.24, 2.45) is 0 Å². The Balaban J connectivity index is 1.90. The third-order valence-corrected chi connectivity index (χ3v) is 3.96. The van der Waals surface area contributed by atoms with Gasteiger partial charge >= 0.3 is 6.09 Å². The van der Waals surface area contributed by atoms with Gasteiger partial charge in [0.05, 0.1) is 6.54 Å². The molecule has 0 bridgehead atoms. The number of hydrogen-bond donors (Lipinski definition) is 1. The van der Waals surface area contributed by atoms with Gasteiger partial charge in [0.2, 0.25) is 0 Å². The molecule has 6 nitrogen and oxygen atoms in total. The van der Waals surface area contributed by atoms with Gasteiger partial charge in [0.15, 0.2) is 0 Å². The fourth-order valence-electron chi connectivity index (χ4n) is 2.48. The molecular formula is C21H26ClN3O3. The molecule has 2 aromatic rings. The molecule has 0 aliphatic rings. The van der Waals surface area contributed by atoms with Crippen molar-refractivity contribution in [2.75, 3.05) is 13.1 Å². The molecule has 0 spiro atoms. The van der Waals surface area contributed by atoms with Crippen LogP contribution in [0.2, 0.25) is 5.02 Å². The first-order chi connectivity index (χ1) is 13.2. The zero-order valence-electron chi connectivity index (χ0n) is 16.4. The standard InChI is InChI=1S/C21H26ClN3O3/c1-21(2,3)28-20(27)25(15-16-7-5-10-23-14-16)12-6-11-24-19(26)17-8-4-9-18(22)13-17/h4-5,7-10,13-14H,6,11-12,15H2,1-3H3,(H,24,26). The number of benzene rings is 1. The van der Waals surface area contributed by atoms with Gasteiger partial charge in [-0.05, 0) is 57.0 Å². The van der Waals surface area contributed by atoms with Gasteiger partial charge in [0, 0.05) is 36.1 Å². The molecule has 0 aliphatic heterocycles. The van der Waals surface area contributed by atoms with Gasteiger partial charge in [-0.15, -0.1) is 0 Å². The molecule has 7 heteroatoms. The second kappa shape index (κ2) is 10.1. The van der Waals surface area contributed by atoms with Crippen LogP contribution in [0.15, 0.2) is 48.8 Å². The van der Waals surface area contributed by atoms with Crippen LogP contribution < -0.4 is 5.32 Å². The zero-order valence-corrected chi connectivity index (χ0v) is 17.2. The monoisotopic (exact) mass is 403 g/mol. The van der Waals surface area contributed by atoms with E-state index in [0.29, 0.717) is 36.6 Å². The lowest BCUT2D eigenvalue weighted by atomic mass is 10.2. The van der Waals surface area contributed by atoms with E-state index in [4.69, 9.17) is 16.3 Å². The Bertz CT molecular complexity index is 791. The molecule has 1 aromatic carbocycles. The number of ether oxygens (including phenoxy) is 1. The molecule has 0 atom stereocenters. The summed E-state index contributed by atoms with van der Waals surface area (Å²) in [5, 5.41) is 3.36. The summed E-state index contributed by atoms with van der Waals surface area (Å²) in [4.78, 5) is 30.4. The van der Waals surface area contributed by atoms with Gasteiger partial charge in [-0.25, -0.2) is 4.79 Å². The summed E-state index contributed by atoms with van der Waals surface area (Å²) in [6.45, 7) is 6.76. The number of amides is 2. The number of carbonyl (C=O) groups is 2. The summed E-state index contributed by atoms with van der Waals surface area (Å²) in [7, 11) is 0. The van der Waals surface area contributed by atoms with Crippen LogP contribution in [0.3, 0.4) is 0 Å². The van der Waals surface area contributed by atoms with E-state index in [-0.39, 0.29) is 5.91 Å². The zero-order chi connectivity index (χ0) is 20.6. The SMILES string of the molecule is CC(C)(C)OC(=O)N(CCCNC(=O)c1cccc(Cl)c1)Cc1cccnc1. The Morgan fingerprint density at radius 2 is 2.00 bits per heavy atom. The normalized spacial score (nSPS) is 11.0. The molecule has 1 aromatic heterocycles. The molecule has 0 fully saturated rings. The van der Waals surface area contributed by atoms with Crippen molar-refractivity contribution in [2.45, 2.75) is 39.3 Å². The number of nitrogens with one attached hydrogen (secondary N) is 1. The van der Waals surface area contributed by atoms with Crippen LogP contribution in [0.4, 0.5) is 4.79 Å². The lowest BCUT2D eigenvalue weighted by Gasteiger charge is -2.27. The molecule has 0 radical (unpaired) electrons. The number of halogens is 1. The van der Waals surface area contributed by atoms with E-state index >= 15 is 0 Å². The van der Waals surface area contributed by atoms with Gasteiger partial charge in [0.25, 0.3) is 5.91 Å². The topological polar surface area (TPSA) is 71.5 Å². The maximum absolute atomic E-state index is 12.5. The summed E-state index contributed by atoms with van der Waals surface area (Å²) < 4.78 is 5.50. The maximum Gasteiger partial charge on any atom is 0.410 e. The van der Waals surface area contributed by atoms with Gasteiger partial charge in [-0.2, -0.15) is 0 Å². The van der Waals surface area contributed by atoms with Crippen molar-refractivity contribution in [1.82, 2.24) is 15.2 Å². The molecule has 150 valence electrons. The third-order valence-electron chi connectivity index (χ3n) is 3.73. The molecule has 2 amide bonds. The Morgan fingerprint density at radius 3 is 2.64 bits per heavy atom. The number of hydrogen-bond acceptors (Lipinski definition) is 4. The molecule has 1 N–H and O–H groups in total. The summed E-state index contributed by atoms with van der Waals surface area (Å²) in [6.07, 6.45) is 3.61. The predicted molar refractivity (Wildman–Crippen MR) is 109 cm³/mol. The average Bonchev–Trinajstić information content (AvgIpc) is 2.63. The fourth-order valence-corrected chi connectivity index (χ4v) is 2.67. The van der Waals surface area contributed by atoms with Crippen molar-refractivity contribution < 1.29 is 14.3 Å². The molecule has 0 unspecified atom stereocenters. The quantitative estimate of drug-likeness (QED) is 0.700. The minimum absolute atomic E-state index is 0.196. The Kier molecular flexibility index (Phi) is 7.81. The summed E-state index contributed by atoms with van der Waals surface area (Å²) >= 11 is 5.91. The third kappa shape index (κ3) is 7.56. The van der Waals surface area contributed by atoms with Gasteiger partial charge < -0.3 is 15.0 Å². The number of nitrogens with zero attached hydrogens (tertiary/aromatic N) is 2. The van der Waals surface area contributed by atoms with Crippen LogP contribution in [-0.2, 0) is 11.3 Å². The molecule has 0 saturated heterocycles. The summed E-state index contributed by atoms with van der Waals surface area (Å²) in [5.74, 6) is -0.196. The van der Waals surface area contributed by atoms with E-state index < -0.39 is 11.7 Å². The van der Waals surface area contributed by atoms with E-state index in [1.165, 1.54) is 0 Å². The molecule has 0 aliphatic carbocycles. The largest absolute Gasteiger partial charge is 0.444 e. The van der Waals surface area contributed by atoms with Crippen molar-refractivity contribution >= 4 is 23.6 Å². The van der Waals surface area contributed by atoms with Crippen LogP contribution >= 0.6 is 11.6 Å². The maximum atomic E-state index is 12.5. The molecule has 0 saturated carbocycles. The van der Waals surface area contributed by atoms with Gasteiger partial charge in [0.1, 0.15) is 5.60 Å². The molecular weight excluding hydrogens is 378 g/mol. The average molecular weight is 404 g/mol. The van der Waals surface area contributed by atoms with Crippen LogP contribution in [0.1, 0.15) is 43.1 Å². The van der Waals surface area contributed by atoms with Gasteiger partial charge in [-0.1, -0.05) is 23.7 Å². The highest BCUT2D eigenvalue weighted by Crippen LogP contribution is 2.13. The van der Waals surface area contributed by atoms with Crippen molar-refractivity contribution in [1.29, 1.82) is 0 Å². The highest BCUT2D eigenvalue weighted by Gasteiger charge is 2.22. The molecule has 2 rings (SSSR count). The van der Waals surface area contributed by atoms with E-state index in [1.807, 2.05) is 32.9 Å². The lowest BCUT2D eigenvalue weighted by Crippen LogP contribution is -2.38. The van der Waals surface area contributed by atoms with E-state index in [0.717, 1.165) is 5.56 Å². The van der Waals surface area contributed by atoms with Crippen molar-refractivity contribution in [3.05, 3.63) is 64.9 Å². The van der Waals surface area contributed by atoms with Crippen LogP contribution in [-0.4, -0.2) is 40.6 Å². The first-order valence-corrected chi connectivity index (χ1v) is 9.53. The van der Waals surface area contributed by atoms with E-state index in [1.54, 1.807) is 41.6 Å². The minimum Gasteiger partial charge on any atom is -0.444 e. The number of aromatic nitrogens is 1. The molecule has 28 heavy (non-hydrogen) atoms. The number of carbonyl (C=O) groups excluding carboxylic acids is 2. The van der Waals surface area contributed by atoms with Gasteiger partial charge in [-0.3, -0.25) is 9.78 Å². The lowest BCUT2D eigenvalue weighted by molar-refractivity contribution is 0.0232. The second-order valence-corrected chi connectivity index (χ2v) is 7.82. The van der Waals surface area contributed by atoms with Crippen LogP contribution in [0.5, 0.6) is 0 Å². The number of pyridine rings is 1. The van der Waals surface area contributed by atoms with E-state index in [2.05, 4.69) is 10.3 Å². The summed E-state index contributed by atoms with van der Waals surface area (Å²) in [5.41, 5.74) is 0.841. The fraction of sp³-hybridized carbons (Fsp3) is 0.381. The minimum atomic E-state index is -0.578. The van der Waals surface area contributed by atoms with Crippen LogP contribution in [0.25, 0.3) is 0 Å². The number of rotatable bonds is 7. The Labute approximate surface area is 170 Å². The van der Waals surface area contributed by atoms with E-state index in [9.17, 15) is 9.59 Å². The summed E-state index contributed by atoms with van der Waals surface area (Å²) in [6, 6.07) is 10.5. The first kappa shape index (κ1) is 21.7. The van der Waals surface area contributed by atoms with Crippen molar-refractivity contribution in [3.63, 3.8) is 0 Å². The van der Waals surface area contributed by atoms with Crippen molar-refractivity contribution in [3.8, 4) is 0 Å². The first-order valence-electron chi connectivity index (χ1n) is 9.15. The predicted octanol–water partition coefficient (Wildman–Crippen LogP) is 4.29. The highest BCUT2D eigenvalue weighted by molar-refractivity contribution is 6.30. The smallest absolute Gasteiger partial charge is 0.410 e. The second-order valence-electron chi connectivity index (χ2n) is 7.38.